The second-order valence-electron chi connectivity index (χ2n) is 10.4. The first-order chi connectivity index (χ1) is 20.8. The van der Waals surface area contributed by atoms with Gasteiger partial charge in [-0.2, -0.15) is 0 Å². The van der Waals surface area contributed by atoms with Gasteiger partial charge in [0.25, 0.3) is 5.91 Å². The average Bonchev–Trinajstić information content (AvgIpc) is 3.00. The fourth-order valence-electron chi connectivity index (χ4n) is 5.04. The number of hydrogen-bond donors (Lipinski definition) is 4. The molecule has 4 aromatic rings. The van der Waals surface area contributed by atoms with Crippen molar-refractivity contribution in [2.24, 2.45) is 0 Å². The molecule has 0 atom stereocenters. The van der Waals surface area contributed by atoms with E-state index in [1.54, 1.807) is 60.7 Å². The van der Waals surface area contributed by atoms with Crippen molar-refractivity contribution in [2.45, 2.75) is 44.2 Å². The lowest BCUT2D eigenvalue weighted by Gasteiger charge is -2.29. The molecule has 5 N–H and O–H groups in total. The summed E-state index contributed by atoms with van der Waals surface area (Å²) in [6.07, 6.45) is 3.50. The molecule has 0 saturated heterocycles. The maximum atomic E-state index is 12.6. The number of nitrogens with two attached hydrogens (primary N) is 1. The Morgan fingerprint density at radius 3 is 1.98 bits per heavy atom. The van der Waals surface area contributed by atoms with E-state index >= 15 is 0 Å². The minimum absolute atomic E-state index is 0.0409. The van der Waals surface area contributed by atoms with E-state index in [2.05, 4.69) is 10.6 Å². The zero-order valence-corrected chi connectivity index (χ0v) is 23.5. The summed E-state index contributed by atoms with van der Waals surface area (Å²) >= 11 is 0. The minimum atomic E-state index is -1.10. The number of carboxylic acids is 1. The van der Waals surface area contributed by atoms with Crippen LogP contribution in [0.4, 0.5) is 11.4 Å². The topological polar surface area (TPSA) is 140 Å². The van der Waals surface area contributed by atoms with Gasteiger partial charge < -0.3 is 30.9 Å². The van der Waals surface area contributed by atoms with Crippen LogP contribution in [0.25, 0.3) is 0 Å². The van der Waals surface area contributed by atoms with Crippen molar-refractivity contribution in [1.82, 2.24) is 5.32 Å². The molecule has 0 aliphatic heterocycles. The Labute approximate surface area is 249 Å². The van der Waals surface area contributed by atoms with Gasteiger partial charge in [0.1, 0.15) is 17.2 Å². The smallest absolute Gasteiger partial charge is 0.337 e. The molecule has 0 aromatic heterocycles. The van der Waals surface area contributed by atoms with Crippen molar-refractivity contribution in [1.29, 1.82) is 0 Å². The van der Waals surface area contributed by atoms with Gasteiger partial charge in [-0.15, -0.1) is 0 Å². The summed E-state index contributed by atoms with van der Waals surface area (Å²) in [5, 5.41) is 15.0. The van der Waals surface area contributed by atoms with Crippen molar-refractivity contribution in [2.75, 3.05) is 11.1 Å². The van der Waals surface area contributed by atoms with Crippen LogP contribution in [0.1, 0.15) is 52.0 Å². The normalized spacial score (nSPS) is 16.1. The zero-order valence-electron chi connectivity index (χ0n) is 23.5. The second-order valence-corrected chi connectivity index (χ2v) is 10.4. The number of carbonyl (C=O) groups is 3. The molecule has 5 rings (SSSR count). The third kappa shape index (κ3) is 7.91. The first-order valence-corrected chi connectivity index (χ1v) is 14.1. The highest BCUT2D eigenvalue weighted by Gasteiger charge is 2.24. The maximum absolute atomic E-state index is 12.6. The number of hydrogen-bond acceptors (Lipinski definition) is 6. The molecule has 1 saturated carbocycles. The Balaban J connectivity index is 1.06. The molecule has 9 heteroatoms. The van der Waals surface area contributed by atoms with Gasteiger partial charge in [-0.25, -0.2) is 4.79 Å². The molecule has 9 nitrogen and oxygen atoms in total. The van der Waals surface area contributed by atoms with Gasteiger partial charge in [-0.3, -0.25) is 9.59 Å². The predicted molar refractivity (Wildman–Crippen MR) is 164 cm³/mol. The molecule has 1 fully saturated rings. The lowest BCUT2D eigenvalue weighted by atomic mass is 9.92. The fraction of sp³-hybridized carbons (Fsp3) is 0.206. The molecule has 0 unspecified atom stereocenters. The van der Waals surface area contributed by atoms with Crippen LogP contribution < -0.4 is 25.8 Å². The number of aromatic carboxylic acids is 1. The van der Waals surface area contributed by atoms with Gasteiger partial charge in [0.15, 0.2) is 0 Å². The summed E-state index contributed by atoms with van der Waals surface area (Å²) in [7, 11) is 0. The first kappa shape index (κ1) is 29.2. The van der Waals surface area contributed by atoms with Crippen molar-refractivity contribution >= 4 is 29.2 Å². The monoisotopic (exact) mass is 579 g/mol. The first-order valence-electron chi connectivity index (χ1n) is 14.1. The summed E-state index contributed by atoms with van der Waals surface area (Å²) in [6.45, 7) is 0. The van der Waals surface area contributed by atoms with Crippen LogP contribution >= 0.6 is 0 Å². The fourth-order valence-corrected chi connectivity index (χ4v) is 5.04. The number of benzene rings is 4. The zero-order chi connectivity index (χ0) is 30.2. The summed E-state index contributed by atoms with van der Waals surface area (Å²) in [4.78, 5) is 36.4. The molecular weight excluding hydrogens is 546 g/mol. The average molecular weight is 580 g/mol. The van der Waals surface area contributed by atoms with Gasteiger partial charge in [0.05, 0.1) is 29.3 Å². The van der Waals surface area contributed by atoms with Crippen LogP contribution in [-0.2, 0) is 11.2 Å². The number of nitrogen functional groups attached to an aromatic ring is 1. The third-order valence-corrected chi connectivity index (χ3v) is 7.30. The summed E-state index contributed by atoms with van der Waals surface area (Å²) in [5.74, 6) is 0.465. The van der Waals surface area contributed by atoms with E-state index in [9.17, 15) is 19.5 Å². The summed E-state index contributed by atoms with van der Waals surface area (Å²) in [5.41, 5.74) is 7.97. The van der Waals surface area contributed by atoms with Gasteiger partial charge >= 0.3 is 5.97 Å². The van der Waals surface area contributed by atoms with Crippen LogP contribution in [0, 0.1) is 0 Å². The molecule has 220 valence electrons. The minimum Gasteiger partial charge on any atom is -0.490 e. The highest BCUT2D eigenvalue weighted by molar-refractivity contribution is 6.01. The predicted octanol–water partition coefficient (Wildman–Crippen LogP) is 6.06. The number of nitrogens with one attached hydrogen (secondary N) is 2. The van der Waals surface area contributed by atoms with E-state index in [-0.39, 0.29) is 41.6 Å². The summed E-state index contributed by atoms with van der Waals surface area (Å²) in [6, 6.07) is 28.0. The van der Waals surface area contributed by atoms with E-state index in [1.165, 1.54) is 6.07 Å². The van der Waals surface area contributed by atoms with Crippen LogP contribution in [0.15, 0.2) is 97.1 Å². The standard InChI is InChI=1S/C34H33N3O6/c35-30-7-3-1-5-28(30)33(39)36-23-11-15-25(16-12-23)43-27-19-17-26(18-20-27)42-24-13-9-22(10-14-24)21-32(38)37-31-8-4-2-6-29(31)34(40)41/h1-10,13-14,17-20,23,25H,11-12,15-16,21,35H2,(H,36,39)(H,37,38)(H,40,41). The van der Waals surface area contributed by atoms with E-state index in [0.717, 1.165) is 37.0 Å². The van der Waals surface area contributed by atoms with Crippen molar-refractivity contribution in [3.8, 4) is 17.2 Å². The largest absolute Gasteiger partial charge is 0.490 e. The van der Waals surface area contributed by atoms with Crippen molar-refractivity contribution < 1.29 is 29.0 Å². The van der Waals surface area contributed by atoms with Crippen LogP contribution in [0.2, 0.25) is 0 Å². The number of amides is 2. The van der Waals surface area contributed by atoms with E-state index < -0.39 is 5.97 Å². The maximum Gasteiger partial charge on any atom is 0.337 e. The molecule has 1 aliphatic carbocycles. The van der Waals surface area contributed by atoms with E-state index in [1.807, 2.05) is 30.3 Å². The molecule has 0 radical (unpaired) electrons. The van der Waals surface area contributed by atoms with Crippen LogP contribution in [0.5, 0.6) is 17.2 Å². The number of anilines is 2. The SMILES string of the molecule is Nc1ccccc1C(=O)NC1CCC(Oc2ccc(Oc3ccc(CC(=O)Nc4ccccc4C(=O)O)cc3)cc2)CC1. The Kier molecular flexibility index (Phi) is 9.21. The summed E-state index contributed by atoms with van der Waals surface area (Å²) < 4.78 is 12.1. The highest BCUT2D eigenvalue weighted by Crippen LogP contribution is 2.28. The number of carboxylic acid groups (broad SMARTS) is 1. The molecule has 2 amide bonds. The number of para-hydroxylation sites is 2. The Bertz CT molecular complexity index is 1580. The lowest BCUT2D eigenvalue weighted by Crippen LogP contribution is -2.39. The molecule has 4 aromatic carbocycles. The quantitative estimate of drug-likeness (QED) is 0.167. The molecule has 43 heavy (non-hydrogen) atoms. The van der Waals surface area contributed by atoms with Crippen molar-refractivity contribution in [3.05, 3.63) is 114 Å². The molecule has 0 spiro atoms. The number of carbonyl (C=O) groups excluding carboxylic acids is 2. The number of ether oxygens (including phenoxy) is 2. The second kappa shape index (κ2) is 13.6. The molecule has 0 heterocycles. The van der Waals surface area contributed by atoms with Gasteiger partial charge in [0.2, 0.25) is 5.91 Å². The van der Waals surface area contributed by atoms with Gasteiger partial charge in [-0.1, -0.05) is 36.4 Å². The van der Waals surface area contributed by atoms with Crippen LogP contribution in [0.3, 0.4) is 0 Å². The van der Waals surface area contributed by atoms with E-state index in [4.69, 9.17) is 15.2 Å². The van der Waals surface area contributed by atoms with Crippen LogP contribution in [-0.4, -0.2) is 35.0 Å². The third-order valence-electron chi connectivity index (χ3n) is 7.30. The number of rotatable bonds is 10. The molecular formula is C34H33N3O6. The van der Waals surface area contributed by atoms with Gasteiger partial charge in [0, 0.05) is 11.7 Å². The Morgan fingerprint density at radius 2 is 1.33 bits per heavy atom. The Hall–Kier alpha value is -5.31. The highest BCUT2D eigenvalue weighted by atomic mass is 16.5. The van der Waals surface area contributed by atoms with E-state index in [0.29, 0.717) is 22.7 Å². The Morgan fingerprint density at radius 1 is 0.744 bits per heavy atom. The van der Waals surface area contributed by atoms with Crippen molar-refractivity contribution in [3.63, 3.8) is 0 Å². The molecule has 1 aliphatic rings. The lowest BCUT2D eigenvalue weighted by molar-refractivity contribution is -0.115. The van der Waals surface area contributed by atoms with Gasteiger partial charge in [-0.05, 0) is 91.9 Å². The molecule has 0 bridgehead atoms.